The highest BCUT2D eigenvalue weighted by Crippen LogP contribution is 2.30. The van der Waals surface area contributed by atoms with E-state index in [0.29, 0.717) is 6.08 Å². The van der Waals surface area contributed by atoms with Crippen molar-refractivity contribution >= 4 is 23.7 Å². The molecule has 4 unspecified atom stereocenters. The maximum Gasteiger partial charge on any atom is 0.331 e. The molecule has 4 atom stereocenters. The lowest BCUT2D eigenvalue weighted by atomic mass is 10.1. The van der Waals surface area contributed by atoms with E-state index in [0.717, 1.165) is 18.2 Å². The van der Waals surface area contributed by atoms with Crippen molar-refractivity contribution in [3.8, 4) is 0 Å². The van der Waals surface area contributed by atoms with E-state index in [1.807, 2.05) is 0 Å². The topological polar surface area (TPSA) is 125 Å². The molecule has 2 rings (SSSR count). The third-order valence-corrected chi connectivity index (χ3v) is 3.31. The van der Waals surface area contributed by atoms with E-state index in [-0.39, 0.29) is 19.0 Å². The van der Waals surface area contributed by atoms with Crippen LogP contribution in [-0.4, -0.2) is 66.4 Å². The maximum absolute atomic E-state index is 11.6. The molecular formula is C15H16O9. The molecule has 0 aliphatic carbocycles. The summed E-state index contributed by atoms with van der Waals surface area (Å²) in [7, 11) is 0. The van der Waals surface area contributed by atoms with E-state index in [2.05, 4.69) is 0 Å². The quantitative estimate of drug-likeness (QED) is 0.498. The number of ketones is 1. The fourth-order valence-electron chi connectivity index (χ4n) is 2.33. The second-order valence-corrected chi connectivity index (χ2v) is 5.16. The predicted octanol–water partition coefficient (Wildman–Crippen LogP) is -0.606. The molecule has 1 N–H and O–H groups in total. The fraction of sp³-hybridized carbons (Fsp3) is 0.467. The molecule has 0 aromatic heterocycles. The molecule has 130 valence electrons. The Morgan fingerprint density at radius 1 is 0.875 bits per heavy atom. The number of carboxylic acids is 1. The van der Waals surface area contributed by atoms with Crippen molar-refractivity contribution in [1.29, 1.82) is 0 Å². The van der Waals surface area contributed by atoms with Crippen LogP contribution in [0, 0.1) is 0 Å². The first-order chi connectivity index (χ1) is 11.4. The van der Waals surface area contributed by atoms with Crippen LogP contribution in [0.3, 0.4) is 0 Å². The Morgan fingerprint density at radius 3 is 1.75 bits per heavy atom. The van der Waals surface area contributed by atoms with Gasteiger partial charge in [0.2, 0.25) is 0 Å². The molecule has 0 spiro atoms. The molecule has 2 heterocycles. The minimum atomic E-state index is -1.27. The molecule has 0 aromatic rings. The van der Waals surface area contributed by atoms with Gasteiger partial charge in [0.25, 0.3) is 0 Å². The van der Waals surface area contributed by atoms with Crippen LogP contribution < -0.4 is 0 Å². The number of ether oxygens (including phenoxy) is 4. The van der Waals surface area contributed by atoms with E-state index in [1.165, 1.54) is 6.92 Å². The predicted molar refractivity (Wildman–Crippen MR) is 75.8 cm³/mol. The van der Waals surface area contributed by atoms with Gasteiger partial charge in [-0.2, -0.15) is 0 Å². The fourth-order valence-corrected chi connectivity index (χ4v) is 2.33. The molecule has 9 nitrogen and oxygen atoms in total. The molecule has 0 amide bonds. The van der Waals surface area contributed by atoms with Gasteiger partial charge in [-0.25, -0.2) is 14.4 Å². The van der Waals surface area contributed by atoms with Crippen LogP contribution in [0.2, 0.25) is 0 Å². The van der Waals surface area contributed by atoms with Gasteiger partial charge >= 0.3 is 17.9 Å². The number of allylic oxidation sites excluding steroid dienone is 1. The van der Waals surface area contributed by atoms with Crippen LogP contribution >= 0.6 is 0 Å². The van der Waals surface area contributed by atoms with Crippen LogP contribution in [0.4, 0.5) is 0 Å². The zero-order valence-corrected chi connectivity index (χ0v) is 12.7. The number of carboxylic acid groups (broad SMARTS) is 1. The third-order valence-electron chi connectivity index (χ3n) is 3.31. The molecule has 2 fully saturated rings. The summed E-state index contributed by atoms with van der Waals surface area (Å²) in [6.45, 7) is 1.41. The molecule has 2 aliphatic heterocycles. The zero-order chi connectivity index (χ0) is 17.7. The van der Waals surface area contributed by atoms with Gasteiger partial charge in [-0.05, 0) is 13.0 Å². The van der Waals surface area contributed by atoms with Gasteiger partial charge in [-0.1, -0.05) is 0 Å². The maximum atomic E-state index is 11.6. The SMILES string of the molecule is CC(=O)/C=C\C(=O)OC1COC2C(OC(=O)/C=C\C(=O)O)COC12. The minimum Gasteiger partial charge on any atom is -0.478 e. The van der Waals surface area contributed by atoms with E-state index in [1.54, 1.807) is 0 Å². The molecule has 0 bridgehead atoms. The summed E-state index contributed by atoms with van der Waals surface area (Å²) in [6, 6.07) is 0. The van der Waals surface area contributed by atoms with Crippen LogP contribution in [0.5, 0.6) is 0 Å². The Bertz CT molecular complexity index is 540. The van der Waals surface area contributed by atoms with Gasteiger partial charge in [-0.3, -0.25) is 4.79 Å². The number of aliphatic carboxylic acids is 1. The molecule has 0 saturated carbocycles. The zero-order valence-electron chi connectivity index (χ0n) is 12.7. The first-order valence-electron chi connectivity index (χ1n) is 7.11. The van der Waals surface area contributed by atoms with Crippen molar-refractivity contribution in [3.05, 3.63) is 24.3 Å². The highest BCUT2D eigenvalue weighted by molar-refractivity contribution is 5.94. The number of rotatable bonds is 6. The Morgan fingerprint density at radius 2 is 1.33 bits per heavy atom. The number of carbonyl (C=O) groups is 4. The van der Waals surface area contributed by atoms with Crippen molar-refractivity contribution in [2.24, 2.45) is 0 Å². The molecule has 0 radical (unpaired) electrons. The standard InChI is InChI=1S/C15H16O9/c1-8(16)2-4-12(19)23-9-6-21-15-10(7-22-14(9)15)24-13(20)5-3-11(17)18/h2-5,9-10,14-15H,6-7H2,1H3,(H,17,18)/b4-2-,5-3-. The lowest BCUT2D eigenvalue weighted by Gasteiger charge is -2.16. The molecule has 24 heavy (non-hydrogen) atoms. The van der Waals surface area contributed by atoms with Crippen LogP contribution in [-0.2, 0) is 38.1 Å². The van der Waals surface area contributed by atoms with Crippen LogP contribution in [0.1, 0.15) is 6.92 Å². The number of hydrogen-bond acceptors (Lipinski definition) is 8. The van der Waals surface area contributed by atoms with Gasteiger partial charge in [-0.15, -0.1) is 0 Å². The van der Waals surface area contributed by atoms with E-state index in [4.69, 9.17) is 24.1 Å². The van der Waals surface area contributed by atoms with Crippen molar-refractivity contribution < 1.29 is 43.2 Å². The van der Waals surface area contributed by atoms with E-state index in [9.17, 15) is 19.2 Å². The van der Waals surface area contributed by atoms with Gasteiger partial charge in [0, 0.05) is 18.2 Å². The second-order valence-electron chi connectivity index (χ2n) is 5.16. The summed E-state index contributed by atoms with van der Waals surface area (Å²) in [5.74, 6) is -3.09. The Labute approximate surface area is 136 Å². The van der Waals surface area contributed by atoms with Crippen molar-refractivity contribution in [3.63, 3.8) is 0 Å². The molecule has 9 heteroatoms. The molecule has 2 aliphatic rings. The first kappa shape index (κ1) is 17.8. The van der Waals surface area contributed by atoms with Gasteiger partial charge in [0.1, 0.15) is 12.2 Å². The van der Waals surface area contributed by atoms with Gasteiger partial charge < -0.3 is 24.1 Å². The molecular weight excluding hydrogens is 324 g/mol. The Kier molecular flexibility index (Phi) is 5.83. The second kappa shape index (κ2) is 7.84. The summed E-state index contributed by atoms with van der Waals surface area (Å²) in [5, 5.41) is 8.45. The summed E-state index contributed by atoms with van der Waals surface area (Å²) in [4.78, 5) is 44.2. The van der Waals surface area contributed by atoms with Crippen molar-refractivity contribution in [2.75, 3.05) is 13.2 Å². The average Bonchev–Trinajstić information content (AvgIpc) is 3.07. The average molecular weight is 340 g/mol. The summed E-state index contributed by atoms with van der Waals surface area (Å²) < 4.78 is 21.1. The Hall–Kier alpha value is -2.52. The lowest BCUT2D eigenvalue weighted by molar-refractivity contribution is -0.149. The van der Waals surface area contributed by atoms with E-state index >= 15 is 0 Å². The minimum absolute atomic E-state index is 0.0410. The number of esters is 2. The Balaban J connectivity index is 1.87. The molecule has 0 aromatic carbocycles. The van der Waals surface area contributed by atoms with Crippen molar-refractivity contribution in [2.45, 2.75) is 31.3 Å². The highest BCUT2D eigenvalue weighted by Gasteiger charge is 2.50. The van der Waals surface area contributed by atoms with Gasteiger partial charge in [0.15, 0.2) is 18.0 Å². The normalized spacial score (nSPS) is 28.9. The van der Waals surface area contributed by atoms with Crippen molar-refractivity contribution in [1.82, 2.24) is 0 Å². The number of carbonyl (C=O) groups excluding carboxylic acids is 3. The smallest absolute Gasteiger partial charge is 0.331 e. The largest absolute Gasteiger partial charge is 0.478 e. The highest BCUT2D eigenvalue weighted by atomic mass is 16.7. The number of fused-ring (bicyclic) bond motifs is 1. The number of hydrogen-bond donors (Lipinski definition) is 1. The summed E-state index contributed by atoms with van der Waals surface area (Å²) in [5.41, 5.74) is 0. The monoisotopic (exact) mass is 340 g/mol. The van der Waals surface area contributed by atoms with Gasteiger partial charge in [0.05, 0.1) is 13.2 Å². The van der Waals surface area contributed by atoms with E-state index < -0.39 is 42.3 Å². The lowest BCUT2D eigenvalue weighted by Crippen LogP contribution is -2.35. The molecule has 2 saturated heterocycles. The summed E-state index contributed by atoms with van der Waals surface area (Å²) >= 11 is 0. The van der Waals surface area contributed by atoms with Crippen LogP contribution in [0.15, 0.2) is 24.3 Å². The third kappa shape index (κ3) is 4.74. The van der Waals surface area contributed by atoms with Crippen LogP contribution in [0.25, 0.3) is 0 Å². The first-order valence-corrected chi connectivity index (χ1v) is 7.11. The summed E-state index contributed by atoms with van der Waals surface area (Å²) in [6.07, 6.45) is 0.937.